The van der Waals surface area contributed by atoms with Crippen molar-refractivity contribution in [3.63, 3.8) is 0 Å². The highest BCUT2D eigenvalue weighted by Crippen LogP contribution is 2.36. The van der Waals surface area contributed by atoms with Gasteiger partial charge in [-0.3, -0.25) is 14.5 Å². The molecule has 2 atom stereocenters. The van der Waals surface area contributed by atoms with E-state index in [4.69, 9.17) is 4.74 Å². The van der Waals surface area contributed by atoms with E-state index < -0.39 is 0 Å². The zero-order chi connectivity index (χ0) is 26.6. The van der Waals surface area contributed by atoms with Crippen molar-refractivity contribution < 1.29 is 14.6 Å². The highest BCUT2D eigenvalue weighted by molar-refractivity contribution is 5.94. The molecule has 198 valence electrons. The minimum Gasteiger partial charge on any atom is -0.507 e. The predicted octanol–water partition coefficient (Wildman–Crippen LogP) is 4.15. The molecule has 0 bridgehead atoms. The first kappa shape index (κ1) is 24.4. The van der Waals surface area contributed by atoms with Crippen molar-refractivity contribution in [3.05, 3.63) is 47.9 Å². The maximum Gasteiger partial charge on any atom is 0.289 e. The molecule has 10 heteroatoms. The van der Waals surface area contributed by atoms with Gasteiger partial charge in [0.15, 0.2) is 5.82 Å². The minimum absolute atomic E-state index is 0.0232. The van der Waals surface area contributed by atoms with E-state index in [1.807, 2.05) is 30.3 Å². The van der Waals surface area contributed by atoms with E-state index in [2.05, 4.69) is 58.3 Å². The number of aromatic nitrogens is 5. The summed E-state index contributed by atoms with van der Waals surface area (Å²) in [6.07, 6.45) is 2.23. The van der Waals surface area contributed by atoms with E-state index in [-0.39, 0.29) is 41.6 Å². The second-order valence-corrected chi connectivity index (χ2v) is 10.8. The molecule has 0 radical (unpaired) electrons. The van der Waals surface area contributed by atoms with Gasteiger partial charge in [0.25, 0.3) is 5.91 Å². The fraction of sp³-hybridized carbons (Fsp3) is 0.429. The Morgan fingerprint density at radius 1 is 1.08 bits per heavy atom. The number of nitrogens with one attached hydrogen (secondary N) is 2. The van der Waals surface area contributed by atoms with Crippen LogP contribution in [0.4, 0.5) is 5.69 Å². The van der Waals surface area contributed by atoms with Gasteiger partial charge in [-0.05, 0) is 62.9 Å². The van der Waals surface area contributed by atoms with E-state index in [1.165, 1.54) is 0 Å². The molecule has 2 aromatic heterocycles. The minimum atomic E-state index is -0.280. The fourth-order valence-corrected chi connectivity index (χ4v) is 5.21. The molecule has 2 aliphatic rings. The van der Waals surface area contributed by atoms with Crippen LogP contribution in [0.5, 0.6) is 5.75 Å². The van der Waals surface area contributed by atoms with Gasteiger partial charge in [-0.2, -0.15) is 5.10 Å². The Kier molecular flexibility index (Phi) is 6.06. The Morgan fingerprint density at radius 2 is 1.76 bits per heavy atom. The van der Waals surface area contributed by atoms with Crippen LogP contribution in [0, 0.1) is 0 Å². The molecule has 1 saturated carbocycles. The summed E-state index contributed by atoms with van der Waals surface area (Å²) >= 11 is 0. The quantitative estimate of drug-likeness (QED) is 0.353. The third-order valence-corrected chi connectivity index (χ3v) is 7.19. The SMILES string of the molecule is CC1CN(c2ccc(-n3c(C(=O)NC4CC4)nnc3-c3cc4c(C(C)C)[nH]nc4cc3O)cc2)CC(C)O1. The van der Waals surface area contributed by atoms with Gasteiger partial charge in [-0.15, -0.1) is 10.2 Å². The van der Waals surface area contributed by atoms with Crippen molar-refractivity contribution in [1.82, 2.24) is 30.3 Å². The number of anilines is 1. The van der Waals surface area contributed by atoms with Gasteiger partial charge in [0.05, 0.1) is 23.3 Å². The number of rotatable bonds is 6. The van der Waals surface area contributed by atoms with E-state index >= 15 is 0 Å². The average Bonchev–Trinajstić information content (AvgIpc) is 3.42. The molecule has 3 heterocycles. The summed E-state index contributed by atoms with van der Waals surface area (Å²) in [6, 6.07) is 11.7. The summed E-state index contributed by atoms with van der Waals surface area (Å²) in [5, 5.41) is 31.0. The Bertz CT molecular complexity index is 1480. The second kappa shape index (κ2) is 9.43. The number of fused-ring (bicyclic) bond motifs is 1. The van der Waals surface area contributed by atoms with Crippen LogP contribution in [0.1, 0.15) is 62.8 Å². The number of hydrogen-bond acceptors (Lipinski definition) is 7. The predicted molar refractivity (Wildman–Crippen MR) is 145 cm³/mol. The number of phenols is 1. The maximum atomic E-state index is 13.2. The van der Waals surface area contributed by atoms with E-state index in [9.17, 15) is 9.90 Å². The van der Waals surface area contributed by atoms with Gasteiger partial charge in [0, 0.05) is 47.7 Å². The van der Waals surface area contributed by atoms with E-state index in [0.29, 0.717) is 16.9 Å². The molecule has 0 spiro atoms. The summed E-state index contributed by atoms with van der Waals surface area (Å²) in [7, 11) is 0. The van der Waals surface area contributed by atoms with Crippen LogP contribution < -0.4 is 10.2 Å². The first-order valence-corrected chi connectivity index (χ1v) is 13.3. The smallest absolute Gasteiger partial charge is 0.289 e. The third kappa shape index (κ3) is 4.49. The number of carbonyl (C=O) groups is 1. The van der Waals surface area contributed by atoms with Crippen molar-refractivity contribution in [2.45, 2.75) is 64.7 Å². The van der Waals surface area contributed by atoms with Gasteiger partial charge in [-0.1, -0.05) is 13.8 Å². The van der Waals surface area contributed by atoms with Gasteiger partial charge >= 0.3 is 0 Å². The Balaban J connectivity index is 1.44. The summed E-state index contributed by atoms with van der Waals surface area (Å²) in [6.45, 7) is 9.96. The number of nitrogens with zero attached hydrogens (tertiary/aromatic N) is 5. The van der Waals surface area contributed by atoms with Crippen LogP contribution in [0.25, 0.3) is 28.0 Å². The number of aromatic amines is 1. The molecule has 38 heavy (non-hydrogen) atoms. The monoisotopic (exact) mass is 515 g/mol. The molecule has 2 unspecified atom stereocenters. The maximum absolute atomic E-state index is 13.2. The number of phenolic OH excluding ortho intramolecular Hbond substituents is 1. The van der Waals surface area contributed by atoms with Crippen LogP contribution in [0.2, 0.25) is 0 Å². The van der Waals surface area contributed by atoms with Gasteiger partial charge < -0.3 is 20.1 Å². The molecule has 10 nitrogen and oxygen atoms in total. The van der Waals surface area contributed by atoms with Gasteiger partial charge in [-0.25, -0.2) is 0 Å². The zero-order valence-electron chi connectivity index (χ0n) is 22.1. The Labute approximate surface area is 221 Å². The largest absolute Gasteiger partial charge is 0.507 e. The number of morpholine rings is 1. The number of aromatic hydroxyl groups is 1. The van der Waals surface area contributed by atoms with Gasteiger partial charge in [0.2, 0.25) is 5.82 Å². The molecule has 1 aliphatic heterocycles. The number of amides is 1. The van der Waals surface area contributed by atoms with Gasteiger partial charge in [0.1, 0.15) is 5.75 Å². The number of benzene rings is 2. The van der Waals surface area contributed by atoms with Crippen molar-refractivity contribution in [3.8, 4) is 22.8 Å². The lowest BCUT2D eigenvalue weighted by atomic mass is 10.0. The molecular weight excluding hydrogens is 482 g/mol. The summed E-state index contributed by atoms with van der Waals surface area (Å²) in [5.41, 5.74) is 3.94. The van der Waals surface area contributed by atoms with Crippen LogP contribution in [-0.4, -0.2) is 67.3 Å². The average molecular weight is 516 g/mol. The highest BCUT2D eigenvalue weighted by Gasteiger charge is 2.29. The molecule has 1 amide bonds. The molecule has 1 aliphatic carbocycles. The van der Waals surface area contributed by atoms with E-state index in [0.717, 1.165) is 48.4 Å². The normalized spacial score (nSPS) is 19.9. The van der Waals surface area contributed by atoms with Crippen molar-refractivity contribution in [1.29, 1.82) is 0 Å². The lowest BCUT2D eigenvalue weighted by molar-refractivity contribution is -0.00521. The molecule has 1 saturated heterocycles. The topological polar surface area (TPSA) is 121 Å². The summed E-state index contributed by atoms with van der Waals surface area (Å²) < 4.78 is 7.61. The zero-order valence-corrected chi connectivity index (χ0v) is 22.1. The summed E-state index contributed by atoms with van der Waals surface area (Å²) in [4.78, 5) is 15.5. The number of ether oxygens (including phenoxy) is 1. The molecule has 4 aromatic rings. The first-order chi connectivity index (χ1) is 18.3. The lowest BCUT2D eigenvalue weighted by Gasteiger charge is -2.36. The number of H-pyrrole nitrogens is 1. The Morgan fingerprint density at radius 3 is 2.42 bits per heavy atom. The highest BCUT2D eigenvalue weighted by atomic mass is 16.5. The van der Waals surface area contributed by atoms with Crippen LogP contribution in [0.15, 0.2) is 36.4 Å². The Hall–Kier alpha value is -3.92. The third-order valence-electron chi connectivity index (χ3n) is 7.19. The first-order valence-electron chi connectivity index (χ1n) is 13.3. The van der Waals surface area contributed by atoms with E-state index in [1.54, 1.807) is 10.6 Å². The molecular formula is C28H33N7O3. The van der Waals surface area contributed by atoms with Crippen LogP contribution in [0.3, 0.4) is 0 Å². The molecule has 2 aromatic carbocycles. The number of carbonyl (C=O) groups excluding carboxylic acids is 1. The molecule has 6 rings (SSSR count). The van der Waals surface area contributed by atoms with Crippen molar-refractivity contribution in [2.75, 3.05) is 18.0 Å². The lowest BCUT2D eigenvalue weighted by Crippen LogP contribution is -2.45. The molecule has 3 N–H and O–H groups in total. The summed E-state index contributed by atoms with van der Waals surface area (Å²) in [5.74, 6) is 0.535. The molecule has 2 fully saturated rings. The van der Waals surface area contributed by atoms with Crippen LogP contribution >= 0.6 is 0 Å². The van der Waals surface area contributed by atoms with Crippen LogP contribution in [-0.2, 0) is 4.74 Å². The van der Waals surface area contributed by atoms with Crippen molar-refractivity contribution >= 4 is 22.5 Å². The van der Waals surface area contributed by atoms with Crippen molar-refractivity contribution in [2.24, 2.45) is 0 Å². The fourth-order valence-electron chi connectivity index (χ4n) is 5.21. The number of hydrogen-bond donors (Lipinski definition) is 3. The second-order valence-electron chi connectivity index (χ2n) is 10.8. The standard InChI is InChI=1S/C28H33N7O3/c1-15(2)25-21-11-22(24(36)12-23(21)30-31-25)26-32-33-27(28(37)29-18-5-6-18)35(26)20-9-7-19(8-10-20)34-13-16(3)38-17(4)14-34/h7-12,15-18,36H,5-6,13-14H2,1-4H3,(H,29,37)(H,30,31).